The maximum atomic E-state index is 13.4. The molecular weight excluding hydrogens is 181 g/mol. The number of halogens is 1. The SMILES string of the molecule is OCc1cccn1-c1ccccc1F. The van der Waals surface area contributed by atoms with E-state index < -0.39 is 0 Å². The van der Waals surface area contributed by atoms with Gasteiger partial charge in [-0.1, -0.05) is 12.1 Å². The van der Waals surface area contributed by atoms with E-state index in [0.29, 0.717) is 11.4 Å². The lowest BCUT2D eigenvalue weighted by molar-refractivity contribution is 0.274. The van der Waals surface area contributed by atoms with Crippen molar-refractivity contribution in [3.05, 3.63) is 54.1 Å². The lowest BCUT2D eigenvalue weighted by atomic mass is 10.3. The van der Waals surface area contributed by atoms with Crippen molar-refractivity contribution in [2.45, 2.75) is 6.61 Å². The molecule has 0 bridgehead atoms. The van der Waals surface area contributed by atoms with Gasteiger partial charge in [0.2, 0.25) is 0 Å². The van der Waals surface area contributed by atoms with Crippen molar-refractivity contribution < 1.29 is 9.50 Å². The number of aliphatic hydroxyl groups is 1. The van der Waals surface area contributed by atoms with Crippen molar-refractivity contribution in [1.82, 2.24) is 4.57 Å². The summed E-state index contributed by atoms with van der Waals surface area (Å²) in [5.74, 6) is -0.293. The summed E-state index contributed by atoms with van der Waals surface area (Å²) in [7, 11) is 0. The van der Waals surface area contributed by atoms with Crippen molar-refractivity contribution in [1.29, 1.82) is 0 Å². The molecule has 1 N–H and O–H groups in total. The second kappa shape index (κ2) is 3.64. The number of aromatic nitrogens is 1. The molecule has 1 aromatic heterocycles. The van der Waals surface area contributed by atoms with Crippen molar-refractivity contribution in [3.8, 4) is 5.69 Å². The molecule has 0 spiro atoms. The van der Waals surface area contributed by atoms with Gasteiger partial charge in [0.15, 0.2) is 0 Å². The average molecular weight is 191 g/mol. The van der Waals surface area contributed by atoms with Crippen LogP contribution in [-0.2, 0) is 6.61 Å². The molecular formula is C11H10FNO. The van der Waals surface area contributed by atoms with Crippen LogP contribution in [0.3, 0.4) is 0 Å². The van der Waals surface area contributed by atoms with Crippen LogP contribution in [0.2, 0.25) is 0 Å². The molecule has 0 saturated heterocycles. The predicted octanol–water partition coefficient (Wildman–Crippen LogP) is 2.11. The normalized spacial score (nSPS) is 10.4. The molecule has 0 aliphatic carbocycles. The molecule has 2 rings (SSSR count). The number of hydrogen-bond donors (Lipinski definition) is 1. The summed E-state index contributed by atoms with van der Waals surface area (Å²) in [6, 6.07) is 10.0. The van der Waals surface area contributed by atoms with Crippen molar-refractivity contribution >= 4 is 0 Å². The van der Waals surface area contributed by atoms with E-state index in [1.54, 1.807) is 41.1 Å². The topological polar surface area (TPSA) is 25.2 Å². The molecule has 0 saturated carbocycles. The first kappa shape index (κ1) is 8.97. The Balaban J connectivity index is 2.54. The van der Waals surface area contributed by atoms with E-state index in [1.165, 1.54) is 6.07 Å². The van der Waals surface area contributed by atoms with Gasteiger partial charge < -0.3 is 9.67 Å². The Morgan fingerprint density at radius 3 is 2.64 bits per heavy atom. The monoisotopic (exact) mass is 191 g/mol. The molecule has 1 aromatic carbocycles. The maximum absolute atomic E-state index is 13.4. The second-order valence-electron chi connectivity index (χ2n) is 2.98. The van der Waals surface area contributed by atoms with Crippen molar-refractivity contribution in [2.24, 2.45) is 0 Å². The highest BCUT2D eigenvalue weighted by Crippen LogP contribution is 2.15. The van der Waals surface area contributed by atoms with E-state index in [2.05, 4.69) is 0 Å². The summed E-state index contributed by atoms with van der Waals surface area (Å²) >= 11 is 0. The molecule has 0 fully saturated rings. The van der Waals surface area contributed by atoms with Crippen molar-refractivity contribution in [3.63, 3.8) is 0 Å². The van der Waals surface area contributed by atoms with Crippen molar-refractivity contribution in [2.75, 3.05) is 0 Å². The van der Waals surface area contributed by atoms with Gasteiger partial charge >= 0.3 is 0 Å². The number of nitrogens with zero attached hydrogens (tertiary/aromatic N) is 1. The minimum atomic E-state index is -0.293. The van der Waals surface area contributed by atoms with Gasteiger partial charge in [-0.15, -0.1) is 0 Å². The summed E-state index contributed by atoms with van der Waals surface area (Å²) in [4.78, 5) is 0. The standard InChI is InChI=1S/C11H10FNO/c12-10-5-1-2-6-11(10)13-7-3-4-9(13)8-14/h1-7,14H,8H2. The van der Waals surface area contributed by atoms with Crippen LogP contribution in [0.25, 0.3) is 5.69 Å². The van der Waals surface area contributed by atoms with Gasteiger partial charge in [-0.2, -0.15) is 0 Å². The van der Waals surface area contributed by atoms with Gasteiger partial charge in [0.25, 0.3) is 0 Å². The number of rotatable bonds is 2. The first-order valence-corrected chi connectivity index (χ1v) is 4.35. The van der Waals surface area contributed by atoms with Crippen LogP contribution in [0.15, 0.2) is 42.6 Å². The molecule has 1 heterocycles. The summed E-state index contributed by atoms with van der Waals surface area (Å²) < 4.78 is 15.0. The van der Waals surface area contributed by atoms with E-state index in [1.807, 2.05) is 0 Å². The van der Waals surface area contributed by atoms with Crippen LogP contribution >= 0.6 is 0 Å². The third-order valence-corrected chi connectivity index (χ3v) is 2.11. The summed E-state index contributed by atoms with van der Waals surface area (Å²) in [5.41, 5.74) is 1.14. The molecule has 0 aliphatic heterocycles. The Morgan fingerprint density at radius 1 is 1.14 bits per heavy atom. The Morgan fingerprint density at radius 2 is 1.93 bits per heavy atom. The fraction of sp³-hybridized carbons (Fsp3) is 0.0909. The average Bonchev–Trinajstić information content (AvgIpc) is 2.66. The molecule has 14 heavy (non-hydrogen) atoms. The van der Waals surface area contributed by atoms with Gasteiger partial charge in [0, 0.05) is 11.9 Å². The number of para-hydroxylation sites is 1. The first-order valence-electron chi connectivity index (χ1n) is 4.35. The molecule has 0 aliphatic rings. The minimum Gasteiger partial charge on any atom is -0.390 e. The van der Waals surface area contributed by atoms with Crippen LogP contribution in [0.1, 0.15) is 5.69 Å². The third kappa shape index (κ3) is 1.42. The highest BCUT2D eigenvalue weighted by atomic mass is 19.1. The smallest absolute Gasteiger partial charge is 0.147 e. The Kier molecular flexibility index (Phi) is 2.33. The predicted molar refractivity (Wildman–Crippen MR) is 51.6 cm³/mol. The summed E-state index contributed by atoms with van der Waals surface area (Å²) in [6.45, 7) is -0.0959. The van der Waals surface area contributed by atoms with Crippen LogP contribution in [-0.4, -0.2) is 9.67 Å². The molecule has 2 nitrogen and oxygen atoms in total. The highest BCUT2D eigenvalue weighted by molar-refractivity contribution is 5.36. The van der Waals surface area contributed by atoms with Gasteiger partial charge in [-0.3, -0.25) is 0 Å². The van der Waals surface area contributed by atoms with E-state index in [-0.39, 0.29) is 12.4 Å². The van der Waals surface area contributed by atoms with Gasteiger partial charge in [-0.25, -0.2) is 4.39 Å². The zero-order valence-electron chi connectivity index (χ0n) is 7.52. The van der Waals surface area contributed by atoms with Crippen LogP contribution in [0.4, 0.5) is 4.39 Å². The van der Waals surface area contributed by atoms with E-state index in [4.69, 9.17) is 5.11 Å². The Hall–Kier alpha value is -1.61. The molecule has 0 unspecified atom stereocenters. The molecule has 2 aromatic rings. The molecule has 3 heteroatoms. The molecule has 0 amide bonds. The molecule has 0 radical (unpaired) electrons. The van der Waals surface area contributed by atoms with E-state index in [0.717, 1.165) is 0 Å². The summed E-state index contributed by atoms with van der Waals surface area (Å²) in [6.07, 6.45) is 1.73. The fourth-order valence-corrected chi connectivity index (χ4v) is 1.43. The Bertz CT molecular complexity index is 436. The fourth-order valence-electron chi connectivity index (χ4n) is 1.43. The first-order chi connectivity index (χ1) is 6.83. The van der Waals surface area contributed by atoms with Crippen LogP contribution in [0, 0.1) is 5.82 Å². The van der Waals surface area contributed by atoms with Crippen LogP contribution in [0.5, 0.6) is 0 Å². The second-order valence-corrected chi connectivity index (χ2v) is 2.98. The maximum Gasteiger partial charge on any atom is 0.147 e. The third-order valence-electron chi connectivity index (χ3n) is 2.11. The zero-order chi connectivity index (χ0) is 9.97. The number of hydrogen-bond acceptors (Lipinski definition) is 1. The van der Waals surface area contributed by atoms with Gasteiger partial charge in [-0.05, 0) is 24.3 Å². The van der Waals surface area contributed by atoms with Crippen LogP contribution < -0.4 is 0 Å². The lowest BCUT2D eigenvalue weighted by Gasteiger charge is -2.07. The van der Waals surface area contributed by atoms with Gasteiger partial charge in [0.05, 0.1) is 12.3 Å². The summed E-state index contributed by atoms with van der Waals surface area (Å²) in [5, 5.41) is 9.02. The largest absolute Gasteiger partial charge is 0.390 e. The van der Waals surface area contributed by atoms with Gasteiger partial charge in [0.1, 0.15) is 5.82 Å². The van der Waals surface area contributed by atoms with E-state index >= 15 is 0 Å². The highest BCUT2D eigenvalue weighted by Gasteiger charge is 2.05. The number of aliphatic hydroxyl groups excluding tert-OH is 1. The minimum absolute atomic E-state index is 0.0959. The zero-order valence-corrected chi connectivity index (χ0v) is 7.52. The molecule has 72 valence electrons. The Labute approximate surface area is 81.2 Å². The quantitative estimate of drug-likeness (QED) is 0.772. The number of benzene rings is 1. The van der Waals surface area contributed by atoms with E-state index in [9.17, 15) is 4.39 Å². The lowest BCUT2D eigenvalue weighted by Crippen LogP contribution is -2.00. The molecule has 0 atom stereocenters.